The van der Waals surface area contributed by atoms with Crippen molar-refractivity contribution in [3.8, 4) is 45.2 Å². The summed E-state index contributed by atoms with van der Waals surface area (Å²) in [4.78, 5) is 15.7. The van der Waals surface area contributed by atoms with Crippen molar-refractivity contribution in [2.75, 3.05) is 0 Å². The Morgan fingerprint density at radius 1 is 0.442 bits per heavy atom. The van der Waals surface area contributed by atoms with E-state index in [0.29, 0.717) is 5.82 Å². The van der Waals surface area contributed by atoms with E-state index in [1.807, 2.05) is 47.7 Å². The summed E-state index contributed by atoms with van der Waals surface area (Å²) in [6.07, 6.45) is 0. The van der Waals surface area contributed by atoms with Crippen LogP contribution in [0, 0.1) is 0 Å². The van der Waals surface area contributed by atoms with Gasteiger partial charge in [-0.25, -0.2) is 15.0 Å². The van der Waals surface area contributed by atoms with Gasteiger partial charge in [-0.1, -0.05) is 140 Å². The molecule has 11 rings (SSSR count). The second-order valence-electron chi connectivity index (χ2n) is 13.1. The highest BCUT2D eigenvalue weighted by atomic mass is 32.1. The summed E-state index contributed by atoms with van der Waals surface area (Å²) in [7, 11) is 0. The van der Waals surface area contributed by atoms with Gasteiger partial charge in [-0.3, -0.25) is 0 Å². The molecule has 242 valence electrons. The van der Waals surface area contributed by atoms with Gasteiger partial charge < -0.3 is 4.42 Å². The molecular formula is C47H27N3OS. The van der Waals surface area contributed by atoms with E-state index in [0.717, 1.165) is 82.9 Å². The van der Waals surface area contributed by atoms with Crippen LogP contribution in [0.25, 0.3) is 109 Å². The van der Waals surface area contributed by atoms with E-state index in [9.17, 15) is 0 Å². The van der Waals surface area contributed by atoms with E-state index < -0.39 is 0 Å². The molecule has 52 heavy (non-hydrogen) atoms. The van der Waals surface area contributed by atoms with Gasteiger partial charge in [0.05, 0.1) is 16.9 Å². The van der Waals surface area contributed by atoms with Gasteiger partial charge in [0.25, 0.3) is 0 Å². The lowest BCUT2D eigenvalue weighted by Gasteiger charge is -2.14. The first-order valence-corrected chi connectivity index (χ1v) is 18.2. The van der Waals surface area contributed by atoms with Gasteiger partial charge in [-0.15, -0.1) is 11.3 Å². The molecule has 0 saturated heterocycles. The quantitative estimate of drug-likeness (QED) is 0.185. The standard InChI is InChI=1S/C47H27N3OS/c1-2-13-28(14-3-1)47-49-39(27-40(50-47)36-21-12-20-34-32-17-8-11-24-42(32)52-46(34)36)31-25-26-33(30-16-5-4-15-29(30)31)44-45-43(35-18-6-9-22-38(35)48-44)37-19-7-10-23-41(37)51-45/h1-27H. The van der Waals surface area contributed by atoms with Crippen LogP contribution in [0.1, 0.15) is 0 Å². The molecule has 0 bridgehead atoms. The first-order chi connectivity index (χ1) is 25.8. The number of thiophene rings is 1. The lowest BCUT2D eigenvalue weighted by Crippen LogP contribution is -1.97. The van der Waals surface area contributed by atoms with Gasteiger partial charge in [-0.2, -0.15) is 0 Å². The summed E-state index contributed by atoms with van der Waals surface area (Å²) in [5.74, 6) is 0.694. The fourth-order valence-electron chi connectivity index (χ4n) is 7.73. The molecule has 4 heterocycles. The minimum atomic E-state index is 0.694. The van der Waals surface area contributed by atoms with Crippen LogP contribution in [0.3, 0.4) is 0 Å². The van der Waals surface area contributed by atoms with Crippen LogP contribution in [0.2, 0.25) is 0 Å². The Bertz CT molecular complexity index is 3200. The van der Waals surface area contributed by atoms with Gasteiger partial charge in [0.15, 0.2) is 11.4 Å². The zero-order valence-electron chi connectivity index (χ0n) is 27.7. The lowest BCUT2D eigenvalue weighted by molar-refractivity contribution is 0.669. The molecule has 0 radical (unpaired) electrons. The van der Waals surface area contributed by atoms with Crippen molar-refractivity contribution in [3.63, 3.8) is 0 Å². The molecule has 0 unspecified atom stereocenters. The molecule has 0 aliphatic heterocycles. The highest BCUT2D eigenvalue weighted by molar-refractivity contribution is 7.26. The van der Waals surface area contributed by atoms with E-state index in [2.05, 4.69) is 127 Å². The first kappa shape index (κ1) is 29.1. The molecule has 0 atom stereocenters. The second-order valence-corrected chi connectivity index (χ2v) is 14.1. The van der Waals surface area contributed by atoms with Crippen molar-refractivity contribution in [2.45, 2.75) is 0 Å². The average Bonchev–Trinajstić information content (AvgIpc) is 3.80. The zero-order valence-corrected chi connectivity index (χ0v) is 28.6. The Hall–Kier alpha value is -6.69. The number of para-hydroxylation sites is 2. The van der Waals surface area contributed by atoms with Crippen LogP contribution in [0.4, 0.5) is 0 Å². The van der Waals surface area contributed by atoms with Crippen LogP contribution in [0.15, 0.2) is 168 Å². The Kier molecular flexibility index (Phi) is 6.39. The van der Waals surface area contributed by atoms with Crippen LogP contribution in [-0.4, -0.2) is 15.0 Å². The van der Waals surface area contributed by atoms with Crippen molar-refractivity contribution < 1.29 is 4.42 Å². The van der Waals surface area contributed by atoms with Crippen LogP contribution in [-0.2, 0) is 0 Å². The Balaban J connectivity index is 1.17. The summed E-state index contributed by atoms with van der Waals surface area (Å²) < 4.78 is 9.11. The van der Waals surface area contributed by atoms with E-state index in [-0.39, 0.29) is 0 Å². The number of aromatic nitrogens is 3. The smallest absolute Gasteiger partial charge is 0.162 e. The van der Waals surface area contributed by atoms with E-state index in [1.54, 1.807) is 0 Å². The van der Waals surface area contributed by atoms with E-state index >= 15 is 0 Å². The topological polar surface area (TPSA) is 51.8 Å². The number of nitrogens with zero attached hydrogens (tertiary/aromatic N) is 3. The summed E-state index contributed by atoms with van der Waals surface area (Å²) in [5.41, 5.74) is 9.31. The number of benzene rings is 7. The van der Waals surface area contributed by atoms with Gasteiger partial charge in [0.2, 0.25) is 0 Å². The number of rotatable bonds is 4. The molecule has 5 heteroatoms. The Labute approximate surface area is 302 Å². The third kappa shape index (κ3) is 4.43. The molecule has 0 fully saturated rings. The Morgan fingerprint density at radius 3 is 1.92 bits per heavy atom. The highest BCUT2D eigenvalue weighted by Gasteiger charge is 2.21. The van der Waals surface area contributed by atoms with Gasteiger partial charge in [-0.05, 0) is 35.0 Å². The fourth-order valence-corrected chi connectivity index (χ4v) is 8.96. The van der Waals surface area contributed by atoms with Crippen molar-refractivity contribution in [1.29, 1.82) is 0 Å². The predicted molar refractivity (Wildman–Crippen MR) is 217 cm³/mol. The van der Waals surface area contributed by atoms with Crippen LogP contribution >= 0.6 is 11.3 Å². The molecule has 0 aliphatic rings. The zero-order chi connectivity index (χ0) is 34.2. The van der Waals surface area contributed by atoms with Gasteiger partial charge in [0, 0.05) is 58.6 Å². The van der Waals surface area contributed by atoms with Crippen LogP contribution < -0.4 is 0 Å². The molecule has 4 nitrogen and oxygen atoms in total. The Morgan fingerprint density at radius 2 is 1.08 bits per heavy atom. The minimum absolute atomic E-state index is 0.694. The number of hydrogen-bond acceptors (Lipinski definition) is 5. The first-order valence-electron chi connectivity index (χ1n) is 17.4. The number of pyridine rings is 1. The number of hydrogen-bond donors (Lipinski definition) is 0. The van der Waals surface area contributed by atoms with Crippen molar-refractivity contribution in [1.82, 2.24) is 15.0 Å². The number of fused-ring (bicyclic) bond motifs is 9. The highest BCUT2D eigenvalue weighted by Crippen LogP contribution is 2.44. The molecule has 11 aromatic rings. The molecular weight excluding hydrogens is 655 g/mol. The molecule has 0 N–H and O–H groups in total. The average molecular weight is 682 g/mol. The molecule has 0 amide bonds. The second kappa shape index (κ2) is 11.4. The maximum absolute atomic E-state index is 6.61. The largest absolute Gasteiger partial charge is 0.454 e. The number of furan rings is 1. The van der Waals surface area contributed by atoms with Crippen molar-refractivity contribution in [3.05, 3.63) is 164 Å². The molecule has 7 aromatic carbocycles. The lowest BCUT2D eigenvalue weighted by atomic mass is 9.94. The maximum Gasteiger partial charge on any atom is 0.162 e. The minimum Gasteiger partial charge on any atom is -0.454 e. The third-order valence-corrected chi connectivity index (χ3v) is 11.3. The summed E-state index contributed by atoms with van der Waals surface area (Å²) in [6, 6.07) is 57.1. The molecule has 0 spiro atoms. The summed E-state index contributed by atoms with van der Waals surface area (Å²) in [5, 5.41) is 7.95. The normalized spacial score (nSPS) is 11.8. The van der Waals surface area contributed by atoms with Gasteiger partial charge >= 0.3 is 0 Å². The van der Waals surface area contributed by atoms with Crippen LogP contribution in [0.5, 0.6) is 0 Å². The van der Waals surface area contributed by atoms with E-state index in [4.69, 9.17) is 19.4 Å². The fraction of sp³-hybridized carbons (Fsp3) is 0. The predicted octanol–water partition coefficient (Wildman–Crippen LogP) is 13.1. The maximum atomic E-state index is 6.61. The van der Waals surface area contributed by atoms with E-state index in [1.165, 1.54) is 20.2 Å². The summed E-state index contributed by atoms with van der Waals surface area (Å²) in [6.45, 7) is 0. The third-order valence-electron chi connectivity index (χ3n) is 10.1. The van der Waals surface area contributed by atoms with Crippen molar-refractivity contribution in [2.24, 2.45) is 0 Å². The molecule has 0 saturated carbocycles. The molecule has 0 aliphatic carbocycles. The van der Waals surface area contributed by atoms with Crippen molar-refractivity contribution >= 4 is 75.1 Å². The molecule has 4 aromatic heterocycles. The summed E-state index contributed by atoms with van der Waals surface area (Å²) >= 11 is 1.82. The van der Waals surface area contributed by atoms with Gasteiger partial charge in [0.1, 0.15) is 11.3 Å². The SMILES string of the molecule is c1ccc(-c2nc(-c3ccc(-c4nc5ccccc5c5c4oc4ccccc45)c4ccccc34)cc(-c3cccc4c3sc3ccccc34)n2)cc1. The monoisotopic (exact) mass is 681 g/mol.